The fraction of sp³-hybridized carbons (Fsp3) is 0.292. The number of ether oxygens (including phenoxy) is 1. The molecule has 2 amide bonds. The van der Waals surface area contributed by atoms with Crippen molar-refractivity contribution in [3.8, 4) is 10.9 Å². The number of likely N-dealkylation sites (N-methyl/N-ethyl adjacent to an activating group) is 1. The lowest BCUT2D eigenvalue weighted by molar-refractivity contribution is -0.120. The van der Waals surface area contributed by atoms with Crippen molar-refractivity contribution in [2.45, 2.75) is 32.6 Å². The van der Waals surface area contributed by atoms with Gasteiger partial charge in [-0.15, -0.1) is 0 Å². The van der Waals surface area contributed by atoms with Gasteiger partial charge in [-0.1, -0.05) is 60.4 Å². The first-order valence-corrected chi connectivity index (χ1v) is 14.8. The summed E-state index contributed by atoms with van der Waals surface area (Å²) in [7, 11) is 1.68. The van der Waals surface area contributed by atoms with Crippen molar-refractivity contribution in [3.63, 3.8) is 0 Å². The van der Waals surface area contributed by atoms with Gasteiger partial charge in [0.15, 0.2) is 0 Å². The van der Waals surface area contributed by atoms with Crippen molar-refractivity contribution in [1.29, 1.82) is 0 Å². The number of aromatic nitrogens is 1. The molecule has 0 fully saturated rings. The molecule has 3 aromatic rings. The Morgan fingerprint density at radius 1 is 1.09 bits per heavy atom. The minimum atomic E-state index is -1.46. The zero-order valence-electron chi connectivity index (χ0n) is 19.7. The maximum absolute atomic E-state index is 13.4. The zero-order chi connectivity index (χ0) is 24.3. The second-order valence-corrected chi connectivity index (χ2v) is 14.9. The first-order valence-electron chi connectivity index (χ1n) is 10.5. The number of rotatable bonds is 7. The van der Waals surface area contributed by atoms with Gasteiger partial charge >= 0.3 is 0 Å². The van der Waals surface area contributed by atoms with Gasteiger partial charge in [-0.25, -0.2) is 4.98 Å². The van der Waals surface area contributed by atoms with E-state index in [1.54, 1.807) is 45.3 Å². The van der Waals surface area contributed by atoms with E-state index in [0.717, 1.165) is 11.3 Å². The first-order chi connectivity index (χ1) is 15.5. The highest BCUT2D eigenvalue weighted by Gasteiger charge is 2.31. The number of methoxy groups -OCH3 is 1. The summed E-state index contributed by atoms with van der Waals surface area (Å²) in [6.45, 7) is 8.44. The second kappa shape index (κ2) is 9.76. The van der Waals surface area contributed by atoms with Crippen LogP contribution in [0.1, 0.15) is 27.0 Å². The summed E-state index contributed by atoms with van der Waals surface area (Å²) in [6.07, 6.45) is 0. The molecule has 0 saturated carbocycles. The minimum absolute atomic E-state index is 0.183. The van der Waals surface area contributed by atoms with Gasteiger partial charge in [0, 0.05) is 12.7 Å². The Balaban J connectivity index is 1.93. The SMILES string of the molecule is COc1ccc(C(C(=O)Nc2ccc([Si](C)(C)C)cc2)N(C)C(=O)c2sc(O)nc2C)cc1. The van der Waals surface area contributed by atoms with Gasteiger partial charge in [0.1, 0.15) is 16.7 Å². The maximum atomic E-state index is 13.4. The van der Waals surface area contributed by atoms with Crippen LogP contribution in [-0.2, 0) is 4.79 Å². The molecule has 2 aromatic carbocycles. The predicted octanol–water partition coefficient (Wildman–Crippen LogP) is 4.16. The zero-order valence-corrected chi connectivity index (χ0v) is 21.5. The molecule has 1 aromatic heterocycles. The molecule has 0 aliphatic heterocycles. The molecule has 7 nitrogen and oxygen atoms in total. The summed E-state index contributed by atoms with van der Waals surface area (Å²) in [5.74, 6) is -0.0874. The van der Waals surface area contributed by atoms with Crippen molar-refractivity contribution < 1.29 is 19.4 Å². The number of carbonyl (C=O) groups is 2. The van der Waals surface area contributed by atoms with E-state index in [2.05, 4.69) is 29.9 Å². The number of aryl methyl sites for hydroxylation is 1. The summed E-state index contributed by atoms with van der Waals surface area (Å²) in [5, 5.41) is 13.8. The predicted molar refractivity (Wildman–Crippen MR) is 134 cm³/mol. The normalized spacial score (nSPS) is 12.2. The van der Waals surface area contributed by atoms with Crippen molar-refractivity contribution in [1.82, 2.24) is 9.88 Å². The van der Waals surface area contributed by atoms with Crippen LogP contribution in [0.3, 0.4) is 0 Å². The molecule has 0 aliphatic carbocycles. The van der Waals surface area contributed by atoms with E-state index >= 15 is 0 Å². The average molecular weight is 484 g/mol. The second-order valence-electron chi connectivity index (χ2n) is 8.82. The molecule has 2 N–H and O–H groups in total. The van der Waals surface area contributed by atoms with Gasteiger partial charge in [0.05, 0.1) is 20.9 Å². The summed E-state index contributed by atoms with van der Waals surface area (Å²) in [5.41, 5.74) is 1.72. The van der Waals surface area contributed by atoms with E-state index in [-0.39, 0.29) is 11.1 Å². The minimum Gasteiger partial charge on any atom is -0.497 e. The highest BCUT2D eigenvalue weighted by molar-refractivity contribution is 7.15. The van der Waals surface area contributed by atoms with E-state index in [1.807, 2.05) is 24.3 Å². The molecule has 1 heterocycles. The van der Waals surface area contributed by atoms with Crippen LogP contribution < -0.4 is 15.2 Å². The molecule has 9 heteroatoms. The van der Waals surface area contributed by atoms with Crippen LogP contribution in [0.4, 0.5) is 5.69 Å². The summed E-state index contributed by atoms with van der Waals surface area (Å²) in [6, 6.07) is 14.0. The monoisotopic (exact) mass is 483 g/mol. The number of benzene rings is 2. The van der Waals surface area contributed by atoms with E-state index in [4.69, 9.17) is 4.74 Å². The number of anilines is 1. The topological polar surface area (TPSA) is 91.8 Å². The first kappa shape index (κ1) is 24.5. The third-order valence-electron chi connectivity index (χ3n) is 5.39. The van der Waals surface area contributed by atoms with Gasteiger partial charge in [0.2, 0.25) is 0 Å². The Hall–Kier alpha value is -3.17. The molecule has 174 valence electrons. The van der Waals surface area contributed by atoms with E-state index in [9.17, 15) is 14.7 Å². The molecule has 1 unspecified atom stereocenters. The van der Waals surface area contributed by atoms with Crippen molar-refractivity contribution in [2.24, 2.45) is 0 Å². The molecule has 0 saturated heterocycles. The van der Waals surface area contributed by atoms with E-state index in [1.165, 1.54) is 10.1 Å². The summed E-state index contributed by atoms with van der Waals surface area (Å²) < 4.78 is 5.23. The van der Waals surface area contributed by atoms with Crippen molar-refractivity contribution in [3.05, 3.63) is 64.7 Å². The Kier molecular flexibility index (Phi) is 7.24. The van der Waals surface area contributed by atoms with Crippen LogP contribution in [0.2, 0.25) is 19.6 Å². The maximum Gasteiger partial charge on any atom is 0.271 e. The number of hydrogen-bond donors (Lipinski definition) is 2. The average Bonchev–Trinajstić information content (AvgIpc) is 3.11. The third-order valence-corrected chi connectivity index (χ3v) is 8.40. The van der Waals surface area contributed by atoms with Crippen molar-refractivity contribution in [2.75, 3.05) is 19.5 Å². The highest BCUT2D eigenvalue weighted by atomic mass is 32.1. The molecular weight excluding hydrogens is 454 g/mol. The number of thiazole rings is 1. The van der Waals surface area contributed by atoms with E-state index in [0.29, 0.717) is 27.6 Å². The molecule has 0 radical (unpaired) electrons. The number of carbonyl (C=O) groups excluding carboxylic acids is 2. The van der Waals surface area contributed by atoms with E-state index < -0.39 is 20.0 Å². The van der Waals surface area contributed by atoms with Gasteiger partial charge in [-0.2, -0.15) is 0 Å². The highest BCUT2D eigenvalue weighted by Crippen LogP contribution is 2.29. The molecule has 33 heavy (non-hydrogen) atoms. The molecule has 1 atom stereocenters. The lowest BCUT2D eigenvalue weighted by Crippen LogP contribution is -2.39. The van der Waals surface area contributed by atoms with Crippen LogP contribution in [-0.4, -0.2) is 49.0 Å². The number of hydrogen-bond acceptors (Lipinski definition) is 6. The standard InChI is InChI=1S/C24H29N3O4SSi/c1-15-21(32-24(30)25-15)23(29)27(2)20(16-7-11-18(31-3)12-8-16)22(28)26-17-9-13-19(14-10-17)33(4,5)6/h7-14,20H,1-6H3,(H,25,30)(H,26,28). The number of amides is 2. The number of aromatic hydroxyl groups is 1. The molecular formula is C24H29N3O4SSi. The Morgan fingerprint density at radius 3 is 2.18 bits per heavy atom. The van der Waals surface area contributed by atoms with Crippen LogP contribution >= 0.6 is 11.3 Å². The lowest BCUT2D eigenvalue weighted by Gasteiger charge is -2.28. The Bertz CT molecular complexity index is 1140. The smallest absolute Gasteiger partial charge is 0.271 e. The molecule has 0 bridgehead atoms. The van der Waals surface area contributed by atoms with Crippen molar-refractivity contribution >= 4 is 42.1 Å². The van der Waals surface area contributed by atoms with Crippen LogP contribution in [0.15, 0.2) is 48.5 Å². The number of nitrogens with one attached hydrogen (secondary N) is 1. The molecule has 3 rings (SSSR count). The Morgan fingerprint density at radius 2 is 1.70 bits per heavy atom. The van der Waals surface area contributed by atoms with Gasteiger partial charge in [0.25, 0.3) is 17.0 Å². The fourth-order valence-electron chi connectivity index (χ4n) is 3.46. The van der Waals surface area contributed by atoms with Gasteiger partial charge in [-0.3, -0.25) is 9.59 Å². The van der Waals surface area contributed by atoms with Gasteiger partial charge in [-0.05, 0) is 36.8 Å². The summed E-state index contributed by atoms with van der Waals surface area (Å²) >= 11 is 0.894. The third kappa shape index (κ3) is 5.61. The lowest BCUT2D eigenvalue weighted by atomic mass is 10.0. The van der Waals surface area contributed by atoms with Gasteiger partial charge < -0.3 is 20.1 Å². The van der Waals surface area contributed by atoms with Crippen LogP contribution in [0, 0.1) is 6.92 Å². The molecule has 0 aliphatic rings. The largest absolute Gasteiger partial charge is 0.497 e. The quantitative estimate of drug-likeness (QED) is 0.492. The fourth-order valence-corrected chi connectivity index (χ4v) is 5.42. The van der Waals surface area contributed by atoms with Crippen LogP contribution in [0.5, 0.6) is 10.9 Å². The number of nitrogens with zero attached hydrogens (tertiary/aromatic N) is 2. The molecule has 0 spiro atoms. The Labute approximate surface area is 199 Å². The summed E-state index contributed by atoms with van der Waals surface area (Å²) in [4.78, 5) is 32.2. The van der Waals surface area contributed by atoms with Crippen LogP contribution in [0.25, 0.3) is 0 Å².